The van der Waals surface area contributed by atoms with Gasteiger partial charge in [0.1, 0.15) is 0 Å². The summed E-state index contributed by atoms with van der Waals surface area (Å²) >= 11 is 0. The van der Waals surface area contributed by atoms with E-state index in [0.717, 1.165) is 23.0 Å². The van der Waals surface area contributed by atoms with Gasteiger partial charge >= 0.3 is 0 Å². The van der Waals surface area contributed by atoms with Gasteiger partial charge in [-0.2, -0.15) is 5.10 Å². The first kappa shape index (κ1) is 13.4. The maximum atomic E-state index is 5.28. The minimum atomic E-state index is 0.680. The average molecular weight is 278 g/mol. The van der Waals surface area contributed by atoms with E-state index in [-0.39, 0.29) is 0 Å². The third-order valence-corrected chi connectivity index (χ3v) is 3.41. The standard InChI is InChI=1S/C18H18N2O/c1-2-21-12-11-16-9-6-10-18-17(16)13-19-20(18)14-15-7-4-3-5-8-15/h3-13H,2,14H2,1H3/b12-11+. The molecule has 0 unspecified atom stereocenters. The van der Waals surface area contributed by atoms with Crippen molar-refractivity contribution in [1.29, 1.82) is 0 Å². The summed E-state index contributed by atoms with van der Waals surface area (Å²) in [6.07, 6.45) is 5.65. The SMILES string of the molecule is CCO/C=C/c1cccc2c1cnn2Cc1ccccc1. The van der Waals surface area contributed by atoms with E-state index in [0.29, 0.717) is 6.61 Å². The van der Waals surface area contributed by atoms with Crippen molar-refractivity contribution in [3.05, 3.63) is 72.1 Å². The number of nitrogens with zero attached hydrogens (tertiary/aromatic N) is 2. The van der Waals surface area contributed by atoms with Gasteiger partial charge < -0.3 is 4.74 Å². The second-order valence-corrected chi connectivity index (χ2v) is 4.83. The molecule has 0 spiro atoms. The molecule has 0 bridgehead atoms. The average Bonchev–Trinajstić information content (AvgIpc) is 2.93. The predicted octanol–water partition coefficient (Wildman–Crippen LogP) is 4.09. The molecule has 3 rings (SSSR count). The molecule has 0 atom stereocenters. The van der Waals surface area contributed by atoms with Crippen LogP contribution in [0.25, 0.3) is 17.0 Å². The summed E-state index contributed by atoms with van der Waals surface area (Å²) in [5.74, 6) is 0. The molecule has 3 heteroatoms. The van der Waals surface area contributed by atoms with Gasteiger partial charge in [0.05, 0.1) is 31.1 Å². The van der Waals surface area contributed by atoms with Gasteiger partial charge in [-0.05, 0) is 30.2 Å². The Hall–Kier alpha value is -2.55. The number of rotatable bonds is 5. The van der Waals surface area contributed by atoms with Crippen LogP contribution in [0.15, 0.2) is 61.0 Å². The fourth-order valence-corrected chi connectivity index (χ4v) is 2.37. The first-order valence-corrected chi connectivity index (χ1v) is 7.15. The fourth-order valence-electron chi connectivity index (χ4n) is 2.37. The molecule has 0 saturated heterocycles. The smallest absolute Gasteiger partial charge is 0.0845 e. The number of benzene rings is 2. The van der Waals surface area contributed by atoms with Crippen LogP contribution in [0.5, 0.6) is 0 Å². The first-order valence-electron chi connectivity index (χ1n) is 7.15. The largest absolute Gasteiger partial charge is 0.501 e. The molecule has 3 aromatic rings. The van der Waals surface area contributed by atoms with Gasteiger partial charge in [0.15, 0.2) is 0 Å². The summed E-state index contributed by atoms with van der Waals surface area (Å²) in [6, 6.07) is 16.6. The molecule has 21 heavy (non-hydrogen) atoms. The van der Waals surface area contributed by atoms with Crippen molar-refractivity contribution >= 4 is 17.0 Å². The first-order chi connectivity index (χ1) is 10.4. The Bertz CT molecular complexity index is 744. The second-order valence-electron chi connectivity index (χ2n) is 4.83. The Kier molecular flexibility index (Phi) is 4.01. The molecule has 0 aliphatic rings. The summed E-state index contributed by atoms with van der Waals surface area (Å²) < 4.78 is 7.31. The molecule has 0 aliphatic heterocycles. The fraction of sp³-hybridized carbons (Fsp3) is 0.167. The third kappa shape index (κ3) is 2.97. The van der Waals surface area contributed by atoms with Crippen molar-refractivity contribution < 1.29 is 4.74 Å². The molecule has 1 aromatic heterocycles. The van der Waals surface area contributed by atoms with Gasteiger partial charge in [0.25, 0.3) is 0 Å². The highest BCUT2D eigenvalue weighted by Gasteiger charge is 2.05. The molecule has 1 heterocycles. The van der Waals surface area contributed by atoms with Crippen LogP contribution >= 0.6 is 0 Å². The van der Waals surface area contributed by atoms with E-state index in [1.54, 1.807) is 6.26 Å². The lowest BCUT2D eigenvalue weighted by atomic mass is 10.1. The normalized spacial score (nSPS) is 11.3. The highest BCUT2D eigenvalue weighted by molar-refractivity contribution is 5.87. The molecule has 0 N–H and O–H groups in total. The molecule has 0 amide bonds. The molecule has 3 nitrogen and oxygen atoms in total. The molecule has 0 fully saturated rings. The Labute approximate surface area is 124 Å². The summed E-state index contributed by atoms with van der Waals surface area (Å²) in [5.41, 5.74) is 3.51. The van der Waals surface area contributed by atoms with Crippen molar-refractivity contribution in [1.82, 2.24) is 9.78 Å². The van der Waals surface area contributed by atoms with Crippen molar-refractivity contribution in [3.8, 4) is 0 Å². The molecular formula is C18H18N2O. The Balaban J connectivity index is 1.93. The molecular weight excluding hydrogens is 260 g/mol. The monoisotopic (exact) mass is 278 g/mol. The van der Waals surface area contributed by atoms with Crippen LogP contribution in [-0.2, 0) is 11.3 Å². The van der Waals surface area contributed by atoms with Crippen molar-refractivity contribution in [3.63, 3.8) is 0 Å². The van der Waals surface area contributed by atoms with Crippen LogP contribution in [0.4, 0.5) is 0 Å². The third-order valence-electron chi connectivity index (χ3n) is 3.41. The Morgan fingerprint density at radius 3 is 2.76 bits per heavy atom. The van der Waals surface area contributed by atoms with Gasteiger partial charge in [-0.1, -0.05) is 42.5 Å². The topological polar surface area (TPSA) is 27.1 Å². The van der Waals surface area contributed by atoms with Crippen LogP contribution in [0.3, 0.4) is 0 Å². The predicted molar refractivity (Wildman–Crippen MR) is 85.9 cm³/mol. The highest BCUT2D eigenvalue weighted by Crippen LogP contribution is 2.20. The number of aromatic nitrogens is 2. The summed E-state index contributed by atoms with van der Waals surface area (Å²) in [6.45, 7) is 3.44. The van der Waals surface area contributed by atoms with E-state index in [1.165, 1.54) is 5.56 Å². The number of ether oxygens (including phenoxy) is 1. The summed E-state index contributed by atoms with van der Waals surface area (Å²) in [5, 5.41) is 5.66. The highest BCUT2D eigenvalue weighted by atomic mass is 16.5. The summed E-state index contributed by atoms with van der Waals surface area (Å²) in [4.78, 5) is 0. The minimum Gasteiger partial charge on any atom is -0.501 e. The van der Waals surface area contributed by atoms with Crippen LogP contribution in [0, 0.1) is 0 Å². The van der Waals surface area contributed by atoms with E-state index in [4.69, 9.17) is 4.74 Å². The summed E-state index contributed by atoms with van der Waals surface area (Å²) in [7, 11) is 0. The van der Waals surface area contributed by atoms with Gasteiger partial charge in [0.2, 0.25) is 0 Å². The van der Waals surface area contributed by atoms with Crippen LogP contribution in [-0.4, -0.2) is 16.4 Å². The number of hydrogen-bond donors (Lipinski definition) is 0. The maximum absolute atomic E-state index is 5.28. The molecule has 0 radical (unpaired) electrons. The van der Waals surface area contributed by atoms with Crippen molar-refractivity contribution in [2.75, 3.05) is 6.61 Å². The lowest BCUT2D eigenvalue weighted by molar-refractivity contribution is 0.272. The van der Waals surface area contributed by atoms with Crippen LogP contribution in [0.2, 0.25) is 0 Å². The van der Waals surface area contributed by atoms with Crippen LogP contribution in [0.1, 0.15) is 18.1 Å². The van der Waals surface area contributed by atoms with E-state index in [9.17, 15) is 0 Å². The molecule has 0 aliphatic carbocycles. The zero-order valence-corrected chi connectivity index (χ0v) is 12.1. The van der Waals surface area contributed by atoms with Gasteiger partial charge in [-0.3, -0.25) is 4.68 Å². The van der Waals surface area contributed by atoms with E-state index >= 15 is 0 Å². The van der Waals surface area contributed by atoms with Gasteiger partial charge in [-0.25, -0.2) is 0 Å². The zero-order valence-electron chi connectivity index (χ0n) is 12.1. The zero-order chi connectivity index (χ0) is 14.5. The van der Waals surface area contributed by atoms with E-state index in [2.05, 4.69) is 47.6 Å². The Morgan fingerprint density at radius 1 is 1.10 bits per heavy atom. The van der Waals surface area contributed by atoms with Crippen molar-refractivity contribution in [2.45, 2.75) is 13.5 Å². The van der Waals surface area contributed by atoms with E-state index in [1.807, 2.05) is 29.9 Å². The molecule has 0 saturated carbocycles. The van der Waals surface area contributed by atoms with Gasteiger partial charge in [0, 0.05) is 5.39 Å². The van der Waals surface area contributed by atoms with Crippen LogP contribution < -0.4 is 0 Å². The molecule has 2 aromatic carbocycles. The quantitative estimate of drug-likeness (QED) is 0.657. The minimum absolute atomic E-state index is 0.680. The lowest BCUT2D eigenvalue weighted by Crippen LogP contribution is -2.00. The molecule has 106 valence electrons. The number of fused-ring (bicyclic) bond motifs is 1. The van der Waals surface area contributed by atoms with Crippen molar-refractivity contribution in [2.24, 2.45) is 0 Å². The Morgan fingerprint density at radius 2 is 1.95 bits per heavy atom. The number of hydrogen-bond acceptors (Lipinski definition) is 2. The maximum Gasteiger partial charge on any atom is 0.0845 e. The lowest BCUT2D eigenvalue weighted by Gasteiger charge is -2.04. The second kappa shape index (κ2) is 6.27. The van der Waals surface area contributed by atoms with E-state index < -0.39 is 0 Å². The van der Waals surface area contributed by atoms with Gasteiger partial charge in [-0.15, -0.1) is 0 Å².